The minimum absolute atomic E-state index is 0.0954. The summed E-state index contributed by atoms with van der Waals surface area (Å²) >= 11 is 0. The van der Waals surface area contributed by atoms with Crippen LogP contribution in [0.1, 0.15) is 15.9 Å². The van der Waals surface area contributed by atoms with Crippen molar-refractivity contribution in [3.05, 3.63) is 53.6 Å². The Kier molecular flexibility index (Phi) is 7.07. The van der Waals surface area contributed by atoms with Gasteiger partial charge >= 0.3 is 0 Å². The second-order valence-corrected chi connectivity index (χ2v) is 9.48. The van der Waals surface area contributed by atoms with Gasteiger partial charge in [0.05, 0.1) is 38.3 Å². The number of amides is 1. The molecule has 2 aromatic rings. The van der Waals surface area contributed by atoms with Gasteiger partial charge < -0.3 is 19.3 Å². The number of ether oxygens (including phenoxy) is 2. The molecule has 0 bridgehead atoms. The van der Waals surface area contributed by atoms with E-state index in [-0.39, 0.29) is 23.7 Å². The molecular weight excluding hydrogens is 418 g/mol. The van der Waals surface area contributed by atoms with Gasteiger partial charge in [0, 0.05) is 32.2 Å². The lowest BCUT2D eigenvalue weighted by Crippen LogP contribution is -2.47. The van der Waals surface area contributed by atoms with Crippen molar-refractivity contribution in [1.29, 1.82) is 0 Å². The van der Waals surface area contributed by atoms with Gasteiger partial charge in [0.15, 0.2) is 11.5 Å². The van der Waals surface area contributed by atoms with E-state index < -0.39 is 10.0 Å². The quantitative estimate of drug-likeness (QED) is 0.647. The third kappa shape index (κ3) is 5.29. The largest absolute Gasteiger partial charge is 0.493 e. The first-order valence-electron chi connectivity index (χ1n) is 10.00. The molecule has 0 spiro atoms. The van der Waals surface area contributed by atoms with Crippen LogP contribution in [0.3, 0.4) is 0 Å². The van der Waals surface area contributed by atoms with Crippen molar-refractivity contribution in [1.82, 2.24) is 9.80 Å². The fourth-order valence-corrected chi connectivity index (χ4v) is 4.45. The number of carbonyl (C=O) groups is 1. The molecule has 8 nitrogen and oxygen atoms in total. The number of benzene rings is 2. The number of anilines is 1. The molecule has 2 aromatic carbocycles. The van der Waals surface area contributed by atoms with Crippen LogP contribution in [0.4, 0.5) is 5.69 Å². The normalized spacial score (nSPS) is 14.9. The number of hydrogen-bond donors (Lipinski definition) is 0. The first-order chi connectivity index (χ1) is 14.7. The summed E-state index contributed by atoms with van der Waals surface area (Å²) in [5.41, 5.74) is 1.34. The van der Waals surface area contributed by atoms with Crippen molar-refractivity contribution in [2.24, 2.45) is 0 Å². The zero-order valence-electron chi connectivity index (χ0n) is 18.4. The first-order valence-corrected chi connectivity index (χ1v) is 11.8. The first kappa shape index (κ1) is 22.9. The molecule has 1 fully saturated rings. The van der Waals surface area contributed by atoms with Gasteiger partial charge in [0.25, 0.3) is 5.91 Å². The molecule has 0 radical (unpaired) electrons. The molecule has 168 valence electrons. The number of sulfonamides is 1. The monoisotopic (exact) mass is 447 g/mol. The topological polar surface area (TPSA) is 79.4 Å². The summed E-state index contributed by atoms with van der Waals surface area (Å²) in [6.07, 6.45) is 1.14. The lowest BCUT2D eigenvalue weighted by atomic mass is 10.1. The molecular formula is C22H29N3O5S. The lowest BCUT2D eigenvalue weighted by Gasteiger charge is -2.34. The highest BCUT2D eigenvalue weighted by Crippen LogP contribution is 2.37. The Labute approximate surface area is 184 Å². The van der Waals surface area contributed by atoms with Gasteiger partial charge in [-0.05, 0) is 18.7 Å². The Morgan fingerprint density at radius 1 is 1.00 bits per heavy atom. The molecule has 31 heavy (non-hydrogen) atoms. The molecule has 1 heterocycles. The molecule has 9 heteroatoms. The minimum Gasteiger partial charge on any atom is -0.493 e. The summed E-state index contributed by atoms with van der Waals surface area (Å²) in [4.78, 5) is 17.4. The van der Waals surface area contributed by atoms with Crippen LogP contribution in [0.2, 0.25) is 0 Å². The number of carbonyl (C=O) groups excluding carboxylic acids is 1. The van der Waals surface area contributed by atoms with Crippen LogP contribution in [-0.2, 0) is 16.6 Å². The van der Waals surface area contributed by atoms with Crippen molar-refractivity contribution in [3.8, 4) is 11.5 Å². The van der Waals surface area contributed by atoms with Crippen molar-refractivity contribution >= 4 is 21.6 Å². The van der Waals surface area contributed by atoms with E-state index in [1.165, 1.54) is 18.5 Å². The Bertz CT molecular complexity index is 1020. The van der Waals surface area contributed by atoms with Gasteiger partial charge in [0.2, 0.25) is 10.0 Å². The maximum absolute atomic E-state index is 13.5. The Balaban J connectivity index is 2.11. The number of likely N-dealkylation sites (N-methyl/N-ethyl adjacent to an activating group) is 1. The Morgan fingerprint density at radius 3 is 2.13 bits per heavy atom. The average Bonchev–Trinajstić information content (AvgIpc) is 2.76. The summed E-state index contributed by atoms with van der Waals surface area (Å²) in [7, 11) is 1.27. The van der Waals surface area contributed by atoms with Gasteiger partial charge in [-0.15, -0.1) is 0 Å². The molecule has 0 aromatic heterocycles. The summed E-state index contributed by atoms with van der Waals surface area (Å²) in [6.45, 7) is 2.75. The number of piperazine rings is 1. The van der Waals surface area contributed by atoms with E-state index in [1.807, 2.05) is 37.4 Å². The van der Waals surface area contributed by atoms with Gasteiger partial charge in [-0.3, -0.25) is 9.10 Å². The average molecular weight is 448 g/mol. The van der Waals surface area contributed by atoms with Crippen LogP contribution in [0, 0.1) is 0 Å². The number of nitrogens with zero attached hydrogens (tertiary/aromatic N) is 3. The van der Waals surface area contributed by atoms with Gasteiger partial charge in [-0.1, -0.05) is 30.3 Å². The van der Waals surface area contributed by atoms with Crippen LogP contribution in [0.25, 0.3) is 0 Å². The fourth-order valence-electron chi connectivity index (χ4n) is 3.56. The van der Waals surface area contributed by atoms with E-state index in [1.54, 1.807) is 17.0 Å². The van der Waals surface area contributed by atoms with Crippen LogP contribution < -0.4 is 13.8 Å². The third-order valence-corrected chi connectivity index (χ3v) is 6.49. The van der Waals surface area contributed by atoms with Gasteiger partial charge in [0.1, 0.15) is 0 Å². The van der Waals surface area contributed by atoms with Crippen LogP contribution in [-0.4, -0.2) is 77.8 Å². The fraction of sp³-hybridized carbons (Fsp3) is 0.409. The zero-order chi connectivity index (χ0) is 22.6. The molecule has 0 aliphatic carbocycles. The molecule has 0 N–H and O–H groups in total. The highest BCUT2D eigenvalue weighted by Gasteiger charge is 2.29. The maximum Gasteiger partial charge on any atom is 0.256 e. The molecule has 0 unspecified atom stereocenters. The molecule has 0 atom stereocenters. The third-order valence-electron chi connectivity index (χ3n) is 5.36. The Hall–Kier alpha value is -2.78. The summed E-state index contributed by atoms with van der Waals surface area (Å²) in [6, 6.07) is 12.4. The molecule has 1 aliphatic rings. The predicted octanol–water partition coefficient (Wildman–Crippen LogP) is 2.06. The summed E-state index contributed by atoms with van der Waals surface area (Å²) in [5, 5.41) is 0. The van der Waals surface area contributed by atoms with Crippen molar-refractivity contribution in [3.63, 3.8) is 0 Å². The van der Waals surface area contributed by atoms with E-state index in [4.69, 9.17) is 9.47 Å². The molecule has 1 amide bonds. The predicted molar refractivity (Wildman–Crippen MR) is 120 cm³/mol. The number of methoxy groups -OCH3 is 2. The zero-order valence-corrected chi connectivity index (χ0v) is 19.2. The SMILES string of the molecule is COc1cc(C(=O)N2CCN(C)CC2)c(N(Cc2ccccc2)S(C)(=O)=O)cc1OC. The van der Waals surface area contributed by atoms with E-state index >= 15 is 0 Å². The highest BCUT2D eigenvalue weighted by molar-refractivity contribution is 7.92. The summed E-state index contributed by atoms with van der Waals surface area (Å²) in [5.74, 6) is 0.497. The maximum atomic E-state index is 13.5. The van der Waals surface area contributed by atoms with Gasteiger partial charge in [-0.25, -0.2) is 8.42 Å². The van der Waals surface area contributed by atoms with Crippen LogP contribution in [0.5, 0.6) is 11.5 Å². The molecule has 0 saturated carbocycles. The standard InChI is InChI=1S/C22H29N3O5S/c1-23-10-12-24(13-11-23)22(26)18-14-20(29-2)21(30-3)15-19(18)25(31(4,27)28)16-17-8-6-5-7-9-17/h5-9,14-15H,10-13,16H2,1-4H3. The van der Waals surface area contributed by atoms with E-state index in [0.29, 0.717) is 24.6 Å². The van der Waals surface area contributed by atoms with E-state index in [0.717, 1.165) is 24.9 Å². The van der Waals surface area contributed by atoms with Crippen molar-refractivity contribution in [2.75, 3.05) is 58.0 Å². The minimum atomic E-state index is -3.70. The lowest BCUT2D eigenvalue weighted by molar-refractivity contribution is 0.0664. The smallest absolute Gasteiger partial charge is 0.256 e. The second kappa shape index (κ2) is 9.57. The molecule has 3 rings (SSSR count). The molecule has 1 aliphatic heterocycles. The van der Waals surface area contributed by atoms with Crippen molar-refractivity contribution in [2.45, 2.75) is 6.54 Å². The Morgan fingerprint density at radius 2 is 1.58 bits per heavy atom. The van der Waals surface area contributed by atoms with E-state index in [2.05, 4.69) is 4.90 Å². The highest BCUT2D eigenvalue weighted by atomic mass is 32.2. The summed E-state index contributed by atoms with van der Waals surface area (Å²) < 4.78 is 37.7. The van der Waals surface area contributed by atoms with Crippen LogP contribution >= 0.6 is 0 Å². The number of hydrogen-bond acceptors (Lipinski definition) is 6. The number of rotatable bonds is 7. The van der Waals surface area contributed by atoms with Gasteiger partial charge in [-0.2, -0.15) is 0 Å². The molecule has 1 saturated heterocycles. The second-order valence-electron chi connectivity index (χ2n) is 7.58. The van der Waals surface area contributed by atoms with Crippen molar-refractivity contribution < 1.29 is 22.7 Å². The van der Waals surface area contributed by atoms with Crippen LogP contribution in [0.15, 0.2) is 42.5 Å². The van der Waals surface area contributed by atoms with E-state index in [9.17, 15) is 13.2 Å².